The maximum Gasteiger partial charge on any atom is 0.0638 e. The zero-order valence-electron chi connectivity index (χ0n) is 8.85. The van der Waals surface area contributed by atoms with Crippen LogP contribution in [0.1, 0.15) is 12.6 Å². The number of pyridine rings is 1. The van der Waals surface area contributed by atoms with E-state index in [9.17, 15) is 0 Å². The minimum absolute atomic E-state index is 0.260. The van der Waals surface area contributed by atoms with E-state index in [1.54, 1.807) is 6.92 Å². The molecule has 14 heavy (non-hydrogen) atoms. The first-order valence-electron chi connectivity index (χ1n) is 4.95. The van der Waals surface area contributed by atoms with Gasteiger partial charge in [-0.05, 0) is 26.1 Å². The van der Waals surface area contributed by atoms with Crippen LogP contribution in [-0.4, -0.2) is 41.2 Å². The third-order valence-electron chi connectivity index (χ3n) is 2.05. The zero-order chi connectivity index (χ0) is 10.4. The number of aliphatic hydroxyl groups excluding tert-OH is 1. The third-order valence-corrected chi connectivity index (χ3v) is 2.05. The summed E-state index contributed by atoms with van der Waals surface area (Å²) in [7, 11) is 2.01. The van der Waals surface area contributed by atoms with E-state index < -0.39 is 0 Å². The number of aliphatic hydroxyl groups is 1. The molecule has 0 spiro atoms. The molecule has 3 heteroatoms. The molecule has 0 amide bonds. The van der Waals surface area contributed by atoms with Crippen molar-refractivity contribution in [2.45, 2.75) is 19.4 Å². The average molecular weight is 194 g/mol. The lowest BCUT2D eigenvalue weighted by molar-refractivity contribution is 0.142. The van der Waals surface area contributed by atoms with Gasteiger partial charge >= 0.3 is 0 Å². The summed E-state index contributed by atoms with van der Waals surface area (Å²) in [5.41, 5.74) is 1.10. The van der Waals surface area contributed by atoms with Gasteiger partial charge < -0.3 is 10.0 Å². The van der Waals surface area contributed by atoms with E-state index in [4.69, 9.17) is 5.11 Å². The first-order valence-corrected chi connectivity index (χ1v) is 4.95. The van der Waals surface area contributed by atoms with Crippen LogP contribution in [0.3, 0.4) is 0 Å². The van der Waals surface area contributed by atoms with Crippen molar-refractivity contribution >= 4 is 0 Å². The largest absolute Gasteiger partial charge is 0.392 e. The Kier molecular flexibility index (Phi) is 4.56. The van der Waals surface area contributed by atoms with Crippen molar-refractivity contribution in [1.82, 2.24) is 9.88 Å². The second-order valence-electron chi connectivity index (χ2n) is 3.68. The maximum absolute atomic E-state index is 9.16. The summed E-state index contributed by atoms with van der Waals surface area (Å²) in [6, 6.07) is 5.94. The molecule has 1 aromatic heterocycles. The highest BCUT2D eigenvalue weighted by atomic mass is 16.3. The molecule has 1 rings (SSSR count). The van der Waals surface area contributed by atoms with Crippen molar-refractivity contribution in [2.24, 2.45) is 0 Å². The minimum Gasteiger partial charge on any atom is -0.392 e. The lowest BCUT2D eigenvalue weighted by Gasteiger charge is -2.17. The molecule has 0 unspecified atom stereocenters. The fourth-order valence-electron chi connectivity index (χ4n) is 1.39. The normalized spacial score (nSPS) is 13.1. The second kappa shape index (κ2) is 5.73. The molecule has 1 atom stereocenters. The number of hydrogen-bond donors (Lipinski definition) is 1. The Balaban J connectivity index is 2.27. The topological polar surface area (TPSA) is 36.4 Å². The molecule has 0 saturated carbocycles. The molecule has 0 saturated heterocycles. The van der Waals surface area contributed by atoms with E-state index in [0.29, 0.717) is 6.54 Å². The predicted molar refractivity (Wildman–Crippen MR) is 57.1 cm³/mol. The maximum atomic E-state index is 9.16. The van der Waals surface area contributed by atoms with Crippen molar-refractivity contribution < 1.29 is 5.11 Å². The fraction of sp³-hybridized carbons (Fsp3) is 0.545. The van der Waals surface area contributed by atoms with Crippen LogP contribution in [0.5, 0.6) is 0 Å². The Morgan fingerprint density at radius 2 is 2.29 bits per heavy atom. The van der Waals surface area contributed by atoms with Gasteiger partial charge in [0.1, 0.15) is 0 Å². The van der Waals surface area contributed by atoms with Crippen LogP contribution in [0.15, 0.2) is 24.4 Å². The number of likely N-dealkylation sites (N-methyl/N-ethyl adjacent to an activating group) is 1. The lowest BCUT2D eigenvalue weighted by Crippen LogP contribution is -2.29. The standard InChI is InChI=1S/C11H18N2O/c1-10(14)9-13(2)8-6-11-5-3-4-7-12-11/h3-5,7,10,14H,6,8-9H2,1-2H3/t10-/m1/s1. The average Bonchev–Trinajstić information content (AvgIpc) is 2.15. The van der Waals surface area contributed by atoms with Crippen LogP contribution < -0.4 is 0 Å². The molecule has 1 heterocycles. The molecule has 3 nitrogen and oxygen atoms in total. The highest BCUT2D eigenvalue weighted by molar-refractivity contribution is 5.03. The third kappa shape index (κ3) is 4.35. The van der Waals surface area contributed by atoms with Gasteiger partial charge in [0.05, 0.1) is 6.10 Å². The number of hydrogen-bond acceptors (Lipinski definition) is 3. The molecule has 0 aliphatic heterocycles. The number of rotatable bonds is 5. The van der Waals surface area contributed by atoms with Crippen LogP contribution in [0.4, 0.5) is 0 Å². The summed E-state index contributed by atoms with van der Waals surface area (Å²) in [6.45, 7) is 3.45. The Bertz CT molecular complexity index is 249. The van der Waals surface area contributed by atoms with Crippen LogP contribution in [0.25, 0.3) is 0 Å². The summed E-state index contributed by atoms with van der Waals surface area (Å²) >= 11 is 0. The van der Waals surface area contributed by atoms with Gasteiger partial charge in [0.25, 0.3) is 0 Å². The van der Waals surface area contributed by atoms with E-state index in [1.165, 1.54) is 0 Å². The lowest BCUT2D eigenvalue weighted by atomic mass is 10.2. The molecule has 0 aliphatic carbocycles. The van der Waals surface area contributed by atoms with Gasteiger partial charge in [-0.25, -0.2) is 0 Å². The van der Waals surface area contributed by atoms with E-state index in [2.05, 4.69) is 9.88 Å². The first-order chi connectivity index (χ1) is 6.68. The van der Waals surface area contributed by atoms with E-state index in [0.717, 1.165) is 18.7 Å². The van der Waals surface area contributed by atoms with Gasteiger partial charge in [0, 0.05) is 31.4 Å². The Hall–Kier alpha value is -0.930. The molecule has 0 bridgehead atoms. The Labute approximate surface area is 85.4 Å². The van der Waals surface area contributed by atoms with Gasteiger partial charge in [0.15, 0.2) is 0 Å². The SMILES string of the molecule is C[C@@H](O)CN(C)CCc1ccccn1. The molecule has 0 radical (unpaired) electrons. The van der Waals surface area contributed by atoms with Crippen LogP contribution in [0.2, 0.25) is 0 Å². The van der Waals surface area contributed by atoms with E-state index >= 15 is 0 Å². The molecular weight excluding hydrogens is 176 g/mol. The van der Waals surface area contributed by atoms with E-state index in [1.807, 2.05) is 31.4 Å². The number of nitrogens with zero attached hydrogens (tertiary/aromatic N) is 2. The molecule has 78 valence electrons. The van der Waals surface area contributed by atoms with Crippen molar-refractivity contribution in [2.75, 3.05) is 20.1 Å². The number of aromatic nitrogens is 1. The zero-order valence-corrected chi connectivity index (χ0v) is 8.85. The summed E-state index contributed by atoms with van der Waals surface area (Å²) in [4.78, 5) is 6.35. The monoisotopic (exact) mass is 194 g/mol. The van der Waals surface area contributed by atoms with Gasteiger partial charge in [-0.3, -0.25) is 4.98 Å². The van der Waals surface area contributed by atoms with Crippen molar-refractivity contribution in [1.29, 1.82) is 0 Å². The van der Waals surface area contributed by atoms with Crippen LogP contribution in [0, 0.1) is 0 Å². The summed E-state index contributed by atoms with van der Waals surface area (Å²) in [5.74, 6) is 0. The van der Waals surface area contributed by atoms with Crippen molar-refractivity contribution in [3.63, 3.8) is 0 Å². The first kappa shape index (κ1) is 11.1. The minimum atomic E-state index is -0.260. The van der Waals surface area contributed by atoms with Crippen LogP contribution >= 0.6 is 0 Å². The van der Waals surface area contributed by atoms with Crippen LogP contribution in [-0.2, 0) is 6.42 Å². The van der Waals surface area contributed by atoms with Gasteiger partial charge in [0.2, 0.25) is 0 Å². The smallest absolute Gasteiger partial charge is 0.0638 e. The highest BCUT2D eigenvalue weighted by Gasteiger charge is 2.02. The summed E-state index contributed by atoms with van der Waals surface area (Å²) in [6.07, 6.45) is 2.48. The molecule has 0 fully saturated rings. The predicted octanol–water partition coefficient (Wildman–Crippen LogP) is 0.937. The van der Waals surface area contributed by atoms with Crippen molar-refractivity contribution in [3.8, 4) is 0 Å². The Morgan fingerprint density at radius 1 is 1.50 bits per heavy atom. The van der Waals surface area contributed by atoms with Crippen molar-refractivity contribution in [3.05, 3.63) is 30.1 Å². The summed E-state index contributed by atoms with van der Waals surface area (Å²) in [5, 5.41) is 9.16. The molecule has 1 N–H and O–H groups in total. The second-order valence-corrected chi connectivity index (χ2v) is 3.68. The quantitative estimate of drug-likeness (QED) is 0.757. The van der Waals surface area contributed by atoms with Gasteiger partial charge in [-0.2, -0.15) is 0 Å². The molecule has 0 aliphatic rings. The Morgan fingerprint density at radius 3 is 2.86 bits per heavy atom. The molecule has 0 aromatic carbocycles. The molecule has 1 aromatic rings. The molecular formula is C11H18N2O. The van der Waals surface area contributed by atoms with Gasteiger partial charge in [-0.15, -0.1) is 0 Å². The van der Waals surface area contributed by atoms with Gasteiger partial charge in [-0.1, -0.05) is 6.07 Å². The van der Waals surface area contributed by atoms with E-state index in [-0.39, 0.29) is 6.10 Å². The highest BCUT2D eigenvalue weighted by Crippen LogP contribution is 1.97. The summed E-state index contributed by atoms with van der Waals surface area (Å²) < 4.78 is 0. The fourth-order valence-corrected chi connectivity index (χ4v) is 1.39.